The number of aliphatic imine (C=N–C) groups is 1. The zero-order valence-corrected chi connectivity index (χ0v) is 18.6. The van der Waals surface area contributed by atoms with Crippen LogP contribution in [0.1, 0.15) is 37.0 Å². The minimum atomic E-state index is -0.145. The van der Waals surface area contributed by atoms with Gasteiger partial charge in [0.2, 0.25) is 0 Å². The topological polar surface area (TPSA) is 67.8 Å². The molecule has 0 aliphatic rings. The largest absolute Gasteiger partial charge is 0.493 e. The average molecular weight is 405 g/mol. The van der Waals surface area contributed by atoms with Gasteiger partial charge in [-0.2, -0.15) is 0 Å². The van der Waals surface area contributed by atoms with Crippen molar-refractivity contribution in [2.75, 3.05) is 33.9 Å². The molecule has 0 bridgehead atoms. The first kappa shape index (κ1) is 22.0. The fraction of sp³-hybridized carbons (Fsp3) is 0.524. The third-order valence-electron chi connectivity index (χ3n) is 4.48. The summed E-state index contributed by atoms with van der Waals surface area (Å²) in [7, 11) is 3.30. The molecule has 0 amide bonds. The van der Waals surface area contributed by atoms with Crippen LogP contribution in [-0.4, -0.2) is 44.8 Å². The van der Waals surface area contributed by atoms with Crippen LogP contribution in [0.15, 0.2) is 28.6 Å². The Morgan fingerprint density at radius 1 is 1.18 bits per heavy atom. The van der Waals surface area contributed by atoms with Crippen LogP contribution in [0, 0.1) is 6.92 Å². The molecule has 1 heterocycles. The molecular formula is C21H32N4O2S. The molecule has 1 aromatic heterocycles. The fourth-order valence-corrected chi connectivity index (χ4v) is 3.45. The van der Waals surface area contributed by atoms with Gasteiger partial charge >= 0.3 is 0 Å². The lowest BCUT2D eigenvalue weighted by Crippen LogP contribution is -2.39. The number of rotatable bonds is 9. The van der Waals surface area contributed by atoms with Crippen molar-refractivity contribution < 1.29 is 9.47 Å². The molecule has 1 aromatic carbocycles. The molecule has 0 aliphatic heterocycles. The Hall–Kier alpha value is -2.28. The van der Waals surface area contributed by atoms with Gasteiger partial charge in [-0.3, -0.25) is 4.99 Å². The number of guanidine groups is 1. The normalized spacial score (nSPS) is 12.0. The molecule has 2 N–H and O–H groups in total. The first-order chi connectivity index (χ1) is 13.4. The van der Waals surface area contributed by atoms with Crippen LogP contribution in [0.3, 0.4) is 0 Å². The van der Waals surface area contributed by atoms with Crippen molar-refractivity contribution in [2.45, 2.75) is 39.5 Å². The number of ether oxygens (including phenoxy) is 2. The van der Waals surface area contributed by atoms with E-state index in [1.54, 1.807) is 25.6 Å². The summed E-state index contributed by atoms with van der Waals surface area (Å²) in [6.45, 7) is 10.7. The zero-order valence-electron chi connectivity index (χ0n) is 17.8. The van der Waals surface area contributed by atoms with Gasteiger partial charge in [0.15, 0.2) is 17.5 Å². The molecule has 28 heavy (non-hydrogen) atoms. The van der Waals surface area contributed by atoms with Gasteiger partial charge in [0.05, 0.1) is 31.5 Å². The van der Waals surface area contributed by atoms with Crippen LogP contribution in [0.5, 0.6) is 11.5 Å². The summed E-state index contributed by atoms with van der Waals surface area (Å²) < 4.78 is 10.8. The number of aromatic nitrogens is 1. The molecule has 0 saturated carbocycles. The third-order valence-corrected chi connectivity index (χ3v) is 5.30. The maximum absolute atomic E-state index is 5.44. The molecule has 0 aliphatic carbocycles. The molecule has 0 spiro atoms. The summed E-state index contributed by atoms with van der Waals surface area (Å²) in [6.07, 6.45) is 0.883. The van der Waals surface area contributed by atoms with Crippen molar-refractivity contribution in [3.63, 3.8) is 0 Å². The van der Waals surface area contributed by atoms with Gasteiger partial charge in [0.25, 0.3) is 0 Å². The van der Waals surface area contributed by atoms with E-state index >= 15 is 0 Å². The Labute approximate surface area is 172 Å². The second-order valence-corrected chi connectivity index (χ2v) is 8.25. The van der Waals surface area contributed by atoms with Gasteiger partial charge in [0.1, 0.15) is 0 Å². The summed E-state index contributed by atoms with van der Waals surface area (Å²) >= 11 is 1.69. The SMILES string of the molecule is CCNC(=NCC(C)(C)c1ccc(OC)c(OC)c1)NCCc1csc(C)n1. The second-order valence-electron chi connectivity index (χ2n) is 7.18. The molecule has 0 atom stereocenters. The molecule has 6 nitrogen and oxygen atoms in total. The average Bonchev–Trinajstić information content (AvgIpc) is 3.10. The van der Waals surface area contributed by atoms with Gasteiger partial charge in [-0.15, -0.1) is 11.3 Å². The molecule has 0 unspecified atom stereocenters. The Kier molecular flexibility index (Phi) is 8.11. The molecule has 0 radical (unpaired) electrons. The second kappa shape index (κ2) is 10.3. The summed E-state index contributed by atoms with van der Waals surface area (Å²) in [5, 5.41) is 9.93. The Bertz CT molecular complexity index is 786. The van der Waals surface area contributed by atoms with Crippen LogP contribution in [0.25, 0.3) is 0 Å². The molecule has 2 aromatic rings. The van der Waals surface area contributed by atoms with Crippen LogP contribution in [0.2, 0.25) is 0 Å². The first-order valence-corrected chi connectivity index (χ1v) is 10.4. The monoisotopic (exact) mass is 404 g/mol. The molecule has 2 rings (SSSR count). The lowest BCUT2D eigenvalue weighted by atomic mass is 9.84. The summed E-state index contributed by atoms with van der Waals surface area (Å²) in [6, 6.07) is 6.04. The highest BCUT2D eigenvalue weighted by Gasteiger charge is 2.22. The quantitative estimate of drug-likeness (QED) is 0.494. The van der Waals surface area contributed by atoms with Crippen LogP contribution < -0.4 is 20.1 Å². The van der Waals surface area contributed by atoms with Crippen LogP contribution >= 0.6 is 11.3 Å². The number of thiazole rings is 1. The van der Waals surface area contributed by atoms with Gasteiger partial charge in [-0.05, 0) is 31.5 Å². The molecule has 7 heteroatoms. The number of benzene rings is 1. The van der Waals surface area contributed by atoms with E-state index in [0.29, 0.717) is 6.54 Å². The van der Waals surface area contributed by atoms with E-state index in [0.717, 1.165) is 53.2 Å². The van der Waals surface area contributed by atoms with E-state index < -0.39 is 0 Å². The molecular weight excluding hydrogens is 372 g/mol. The van der Waals surface area contributed by atoms with E-state index in [-0.39, 0.29) is 5.41 Å². The smallest absolute Gasteiger partial charge is 0.191 e. The molecule has 0 saturated heterocycles. The van der Waals surface area contributed by atoms with Crippen molar-refractivity contribution in [3.05, 3.63) is 39.8 Å². The maximum Gasteiger partial charge on any atom is 0.191 e. The van der Waals surface area contributed by atoms with Crippen molar-refractivity contribution in [1.29, 1.82) is 0 Å². The highest BCUT2D eigenvalue weighted by atomic mass is 32.1. The van der Waals surface area contributed by atoms with E-state index in [4.69, 9.17) is 14.5 Å². The van der Waals surface area contributed by atoms with E-state index in [2.05, 4.69) is 47.8 Å². The van der Waals surface area contributed by atoms with E-state index in [1.807, 2.05) is 19.1 Å². The molecule has 0 fully saturated rings. The van der Waals surface area contributed by atoms with Crippen molar-refractivity contribution in [2.24, 2.45) is 4.99 Å². The summed E-state index contributed by atoms with van der Waals surface area (Å²) in [5.74, 6) is 2.29. The zero-order chi connectivity index (χ0) is 20.6. The number of aryl methyl sites for hydroxylation is 1. The lowest BCUT2D eigenvalue weighted by Gasteiger charge is -2.25. The predicted molar refractivity (Wildman–Crippen MR) is 117 cm³/mol. The number of hydrogen-bond donors (Lipinski definition) is 2. The van der Waals surface area contributed by atoms with E-state index in [9.17, 15) is 0 Å². The minimum absolute atomic E-state index is 0.145. The van der Waals surface area contributed by atoms with Crippen molar-refractivity contribution >= 4 is 17.3 Å². The van der Waals surface area contributed by atoms with Crippen LogP contribution in [-0.2, 0) is 11.8 Å². The Balaban J connectivity index is 2.03. The summed E-state index contributed by atoms with van der Waals surface area (Å²) in [4.78, 5) is 9.31. The number of hydrogen-bond acceptors (Lipinski definition) is 5. The Morgan fingerprint density at radius 3 is 2.54 bits per heavy atom. The lowest BCUT2D eigenvalue weighted by molar-refractivity contribution is 0.353. The maximum atomic E-state index is 5.44. The van der Waals surface area contributed by atoms with Gasteiger partial charge < -0.3 is 20.1 Å². The fourth-order valence-electron chi connectivity index (χ4n) is 2.80. The standard InChI is InChI=1S/C21H32N4O2S/c1-7-22-20(23-11-10-17-13-28-15(2)25-17)24-14-21(3,4)16-8-9-18(26-5)19(12-16)27-6/h8-9,12-13H,7,10-11,14H2,1-6H3,(H2,22,23,24). The number of nitrogens with one attached hydrogen (secondary N) is 2. The highest BCUT2D eigenvalue weighted by Crippen LogP contribution is 2.33. The van der Waals surface area contributed by atoms with Crippen molar-refractivity contribution in [1.82, 2.24) is 15.6 Å². The van der Waals surface area contributed by atoms with E-state index in [1.165, 1.54) is 0 Å². The summed E-state index contributed by atoms with van der Waals surface area (Å²) in [5.41, 5.74) is 2.13. The minimum Gasteiger partial charge on any atom is -0.493 e. The molecule has 154 valence electrons. The van der Waals surface area contributed by atoms with Gasteiger partial charge in [-0.1, -0.05) is 19.9 Å². The predicted octanol–water partition coefficient (Wildman–Crippen LogP) is 3.54. The third kappa shape index (κ3) is 6.12. The number of nitrogens with zero attached hydrogens (tertiary/aromatic N) is 2. The van der Waals surface area contributed by atoms with Gasteiger partial charge in [-0.25, -0.2) is 4.98 Å². The number of methoxy groups -OCH3 is 2. The van der Waals surface area contributed by atoms with Crippen LogP contribution in [0.4, 0.5) is 0 Å². The van der Waals surface area contributed by atoms with Crippen molar-refractivity contribution in [3.8, 4) is 11.5 Å². The van der Waals surface area contributed by atoms with Gasteiger partial charge in [0, 0.05) is 30.3 Å². The first-order valence-electron chi connectivity index (χ1n) is 9.55. The Morgan fingerprint density at radius 2 is 1.93 bits per heavy atom. The highest BCUT2D eigenvalue weighted by molar-refractivity contribution is 7.09.